The Bertz CT molecular complexity index is 349. The van der Waals surface area contributed by atoms with E-state index in [0.717, 1.165) is 13.5 Å². The van der Waals surface area contributed by atoms with E-state index in [-0.39, 0.29) is 30.5 Å². The summed E-state index contributed by atoms with van der Waals surface area (Å²) in [6.45, 7) is 5.76. The predicted molar refractivity (Wildman–Crippen MR) is 92.5 cm³/mol. The molecule has 22 heavy (non-hydrogen) atoms. The third-order valence-corrected chi connectivity index (χ3v) is 2.57. The minimum Gasteiger partial charge on any atom is -0.357 e. The second-order valence-corrected chi connectivity index (χ2v) is 5.17. The van der Waals surface area contributed by atoms with Gasteiger partial charge in [0.1, 0.15) is 13.1 Å². The number of carbonyl (C=O) groups excluding carboxylic acids is 1. The highest BCUT2D eigenvalue weighted by Crippen LogP contribution is 2.15. The lowest BCUT2D eigenvalue weighted by atomic mass is 10.1. The van der Waals surface area contributed by atoms with Gasteiger partial charge in [-0.1, -0.05) is 13.8 Å². The Morgan fingerprint density at radius 2 is 1.86 bits per heavy atom. The number of rotatable bonds is 7. The summed E-state index contributed by atoms with van der Waals surface area (Å²) in [5, 5.41) is 5.99. The van der Waals surface area contributed by atoms with E-state index in [0.29, 0.717) is 29.9 Å². The van der Waals surface area contributed by atoms with Gasteiger partial charge in [-0.25, -0.2) is 4.99 Å². The normalized spacial score (nSPS) is 11.9. The van der Waals surface area contributed by atoms with Gasteiger partial charge in [-0.05, 0) is 19.3 Å². The number of halogens is 4. The first-order valence-corrected chi connectivity index (χ1v) is 6.98. The van der Waals surface area contributed by atoms with E-state index in [9.17, 15) is 18.0 Å². The van der Waals surface area contributed by atoms with Crippen LogP contribution >= 0.6 is 24.0 Å². The van der Waals surface area contributed by atoms with Crippen LogP contribution in [0, 0.1) is 5.92 Å². The minimum absolute atomic E-state index is 0. The fraction of sp³-hybridized carbons (Fsp3) is 0.846. The Morgan fingerprint density at radius 3 is 2.32 bits per heavy atom. The SMILES string of the molecule is CCNC(=NCC(=O)N(C)CC(F)(F)F)NCCC(C)C.I. The molecular formula is C13H26F3IN4O. The maximum Gasteiger partial charge on any atom is 0.406 e. The van der Waals surface area contributed by atoms with E-state index >= 15 is 0 Å². The molecule has 0 radical (unpaired) electrons. The molecule has 1 amide bonds. The number of amides is 1. The number of alkyl halides is 3. The van der Waals surface area contributed by atoms with E-state index in [4.69, 9.17) is 0 Å². The highest BCUT2D eigenvalue weighted by Gasteiger charge is 2.30. The van der Waals surface area contributed by atoms with Crippen molar-refractivity contribution in [3.8, 4) is 0 Å². The van der Waals surface area contributed by atoms with E-state index in [1.54, 1.807) is 0 Å². The second kappa shape index (κ2) is 11.8. The maximum absolute atomic E-state index is 12.2. The van der Waals surface area contributed by atoms with E-state index in [1.807, 2.05) is 6.92 Å². The zero-order valence-corrected chi connectivity index (χ0v) is 15.8. The zero-order valence-electron chi connectivity index (χ0n) is 13.5. The number of nitrogens with one attached hydrogen (secondary N) is 2. The lowest BCUT2D eigenvalue weighted by Gasteiger charge is -2.18. The van der Waals surface area contributed by atoms with Crippen molar-refractivity contribution in [3.63, 3.8) is 0 Å². The number of nitrogens with zero attached hydrogens (tertiary/aromatic N) is 2. The van der Waals surface area contributed by atoms with Crippen molar-refractivity contribution in [3.05, 3.63) is 0 Å². The van der Waals surface area contributed by atoms with Crippen LogP contribution < -0.4 is 10.6 Å². The molecule has 132 valence electrons. The molecule has 2 N–H and O–H groups in total. The van der Waals surface area contributed by atoms with Crippen LogP contribution in [-0.2, 0) is 4.79 Å². The number of carbonyl (C=O) groups is 1. The van der Waals surface area contributed by atoms with Crippen LogP contribution in [-0.4, -0.2) is 56.2 Å². The summed E-state index contributed by atoms with van der Waals surface area (Å²) in [6, 6.07) is 0. The van der Waals surface area contributed by atoms with E-state index < -0.39 is 18.6 Å². The van der Waals surface area contributed by atoms with Gasteiger partial charge in [0.2, 0.25) is 5.91 Å². The Labute approximate surface area is 147 Å². The summed E-state index contributed by atoms with van der Waals surface area (Å²) in [4.78, 5) is 16.2. The van der Waals surface area contributed by atoms with Crippen LogP contribution in [0.15, 0.2) is 4.99 Å². The first-order chi connectivity index (χ1) is 9.65. The van der Waals surface area contributed by atoms with Crippen LogP contribution in [0.1, 0.15) is 27.2 Å². The highest BCUT2D eigenvalue weighted by molar-refractivity contribution is 14.0. The van der Waals surface area contributed by atoms with Crippen LogP contribution in [0.4, 0.5) is 13.2 Å². The van der Waals surface area contributed by atoms with Crippen molar-refractivity contribution >= 4 is 35.8 Å². The van der Waals surface area contributed by atoms with E-state index in [2.05, 4.69) is 29.5 Å². The molecule has 0 rings (SSSR count). The molecule has 0 aliphatic rings. The van der Waals surface area contributed by atoms with Gasteiger partial charge in [0.05, 0.1) is 0 Å². The fourth-order valence-corrected chi connectivity index (χ4v) is 1.45. The smallest absolute Gasteiger partial charge is 0.357 e. The van der Waals surface area contributed by atoms with Crippen molar-refractivity contribution < 1.29 is 18.0 Å². The third-order valence-electron chi connectivity index (χ3n) is 2.57. The van der Waals surface area contributed by atoms with Gasteiger partial charge < -0.3 is 15.5 Å². The summed E-state index contributed by atoms with van der Waals surface area (Å²) >= 11 is 0. The maximum atomic E-state index is 12.2. The largest absolute Gasteiger partial charge is 0.406 e. The zero-order chi connectivity index (χ0) is 16.5. The molecule has 9 heteroatoms. The molecule has 0 unspecified atom stereocenters. The van der Waals surface area contributed by atoms with E-state index in [1.165, 1.54) is 0 Å². The van der Waals surface area contributed by atoms with Gasteiger partial charge in [0.25, 0.3) is 0 Å². The Balaban J connectivity index is 0. The number of likely N-dealkylation sites (N-methyl/N-ethyl adjacent to an activating group) is 1. The standard InChI is InChI=1S/C13H25F3N4O.HI/c1-5-17-12(18-7-6-10(2)3)19-8-11(21)20(4)9-13(14,15)16;/h10H,5-9H2,1-4H3,(H2,17,18,19);1H. The van der Waals surface area contributed by atoms with Crippen molar-refractivity contribution in [1.82, 2.24) is 15.5 Å². The molecule has 0 atom stereocenters. The minimum atomic E-state index is -4.39. The lowest BCUT2D eigenvalue weighted by molar-refractivity contribution is -0.157. The molecule has 0 spiro atoms. The van der Waals surface area contributed by atoms with Crippen molar-refractivity contribution in [2.45, 2.75) is 33.4 Å². The predicted octanol–water partition coefficient (Wildman–Crippen LogP) is 2.23. The molecule has 0 aromatic rings. The summed E-state index contributed by atoms with van der Waals surface area (Å²) in [5.74, 6) is 0.292. The Hall–Kier alpha value is -0.740. The highest BCUT2D eigenvalue weighted by atomic mass is 127. The summed E-state index contributed by atoms with van der Waals surface area (Å²) in [6.07, 6.45) is -3.46. The topological polar surface area (TPSA) is 56.7 Å². The second-order valence-electron chi connectivity index (χ2n) is 5.17. The van der Waals surface area contributed by atoms with Gasteiger partial charge in [-0.2, -0.15) is 13.2 Å². The first-order valence-electron chi connectivity index (χ1n) is 6.98. The average molecular weight is 438 g/mol. The van der Waals surface area contributed by atoms with Gasteiger partial charge in [0, 0.05) is 20.1 Å². The molecule has 5 nitrogen and oxygen atoms in total. The number of hydrogen-bond acceptors (Lipinski definition) is 2. The molecule has 0 aliphatic carbocycles. The van der Waals surface area contributed by atoms with Crippen molar-refractivity contribution in [1.29, 1.82) is 0 Å². The first kappa shape index (κ1) is 23.5. The average Bonchev–Trinajstić information content (AvgIpc) is 2.32. The monoisotopic (exact) mass is 438 g/mol. The molecule has 0 heterocycles. The number of aliphatic imine (C=N–C) groups is 1. The fourth-order valence-electron chi connectivity index (χ4n) is 1.45. The summed E-state index contributed by atoms with van der Waals surface area (Å²) in [5.41, 5.74) is 0. The molecular weight excluding hydrogens is 412 g/mol. The van der Waals surface area contributed by atoms with Gasteiger partial charge in [0.15, 0.2) is 5.96 Å². The molecule has 0 fully saturated rings. The Morgan fingerprint density at radius 1 is 1.27 bits per heavy atom. The van der Waals surface area contributed by atoms with Crippen molar-refractivity contribution in [2.75, 3.05) is 33.2 Å². The van der Waals surface area contributed by atoms with Crippen LogP contribution in [0.3, 0.4) is 0 Å². The quantitative estimate of drug-likeness (QED) is 0.364. The lowest BCUT2D eigenvalue weighted by Crippen LogP contribution is -2.40. The molecule has 0 aliphatic heterocycles. The summed E-state index contributed by atoms with van der Waals surface area (Å²) < 4.78 is 36.5. The number of hydrogen-bond donors (Lipinski definition) is 2. The van der Waals surface area contributed by atoms with Crippen LogP contribution in [0.25, 0.3) is 0 Å². The van der Waals surface area contributed by atoms with Crippen molar-refractivity contribution in [2.24, 2.45) is 10.9 Å². The van der Waals surface area contributed by atoms with Crippen LogP contribution in [0.2, 0.25) is 0 Å². The third kappa shape index (κ3) is 13.0. The molecule has 0 bridgehead atoms. The van der Waals surface area contributed by atoms with Gasteiger partial charge in [-0.15, -0.1) is 24.0 Å². The number of guanidine groups is 1. The van der Waals surface area contributed by atoms with Crippen LogP contribution in [0.5, 0.6) is 0 Å². The molecule has 0 saturated heterocycles. The molecule has 0 aromatic carbocycles. The Kier molecular flexibility index (Phi) is 12.6. The van der Waals surface area contributed by atoms with Gasteiger partial charge >= 0.3 is 6.18 Å². The van der Waals surface area contributed by atoms with Gasteiger partial charge in [-0.3, -0.25) is 4.79 Å². The summed E-state index contributed by atoms with van der Waals surface area (Å²) in [7, 11) is 1.12. The molecule has 0 saturated carbocycles. The molecule has 0 aromatic heterocycles.